The number of benzene rings is 1. The Morgan fingerprint density at radius 2 is 1.93 bits per heavy atom. The van der Waals surface area contributed by atoms with Crippen LogP contribution in [0.5, 0.6) is 0 Å². The zero-order valence-corrected chi connectivity index (χ0v) is 16.3. The highest BCUT2D eigenvalue weighted by molar-refractivity contribution is 6.79. The molecule has 4 aromatic rings. The summed E-state index contributed by atoms with van der Waals surface area (Å²) in [6, 6.07) is 16.9. The Morgan fingerprint density at radius 3 is 2.75 bits per heavy atom. The van der Waals surface area contributed by atoms with E-state index in [1.165, 1.54) is 22.2 Å². The molecule has 4 heterocycles. The fourth-order valence-corrected chi connectivity index (χ4v) is 4.17. The van der Waals surface area contributed by atoms with Gasteiger partial charge in [0, 0.05) is 29.2 Å². The smallest absolute Gasteiger partial charge is 0.413 e. The highest BCUT2D eigenvalue weighted by atomic mass is 16.3. The minimum absolute atomic E-state index is 0.142. The molecule has 0 atom stereocenters. The molecule has 0 aliphatic carbocycles. The van der Waals surface area contributed by atoms with Crippen LogP contribution in [0.15, 0.2) is 71.5 Å². The molecule has 136 valence electrons. The number of rotatable bonds is 2. The van der Waals surface area contributed by atoms with Gasteiger partial charge in [-0.25, -0.2) is 9.55 Å². The van der Waals surface area contributed by atoms with E-state index in [-0.39, 0.29) is 6.85 Å². The summed E-state index contributed by atoms with van der Waals surface area (Å²) in [7, 11) is 2.10. The first-order valence-electron chi connectivity index (χ1n) is 9.53. The van der Waals surface area contributed by atoms with Gasteiger partial charge >= 0.3 is 6.85 Å². The van der Waals surface area contributed by atoms with E-state index in [0.29, 0.717) is 5.71 Å². The molecule has 3 aromatic heterocycles. The van der Waals surface area contributed by atoms with Crippen LogP contribution in [-0.2, 0) is 7.05 Å². The van der Waals surface area contributed by atoms with E-state index in [4.69, 9.17) is 4.42 Å². The first kappa shape index (κ1) is 16.8. The molecule has 4 nitrogen and oxygen atoms in total. The van der Waals surface area contributed by atoms with Crippen LogP contribution in [0.2, 0.25) is 6.82 Å². The van der Waals surface area contributed by atoms with E-state index >= 15 is 0 Å². The first-order chi connectivity index (χ1) is 13.6. The van der Waals surface area contributed by atoms with Crippen molar-refractivity contribution in [3.63, 3.8) is 0 Å². The van der Waals surface area contributed by atoms with Crippen LogP contribution in [-0.4, -0.2) is 11.8 Å². The number of furan rings is 1. The van der Waals surface area contributed by atoms with Crippen molar-refractivity contribution in [1.29, 1.82) is 0 Å². The molecule has 1 aromatic carbocycles. The third-order valence-corrected chi connectivity index (χ3v) is 5.55. The van der Waals surface area contributed by atoms with E-state index in [9.17, 15) is 0 Å². The molecule has 0 saturated carbocycles. The molecule has 0 amide bonds. The molecule has 0 N–H and O–H groups in total. The molecule has 5 heteroatoms. The van der Waals surface area contributed by atoms with E-state index < -0.39 is 0 Å². The van der Waals surface area contributed by atoms with Crippen molar-refractivity contribution in [2.75, 3.05) is 4.81 Å². The summed E-state index contributed by atoms with van der Waals surface area (Å²) in [6.07, 6.45) is 8.12. The minimum atomic E-state index is 0.142. The molecule has 0 saturated heterocycles. The Kier molecular flexibility index (Phi) is 3.83. The van der Waals surface area contributed by atoms with Crippen molar-refractivity contribution in [3.8, 4) is 11.1 Å². The van der Waals surface area contributed by atoms with E-state index in [1.54, 1.807) is 6.20 Å². The molecule has 0 radical (unpaired) electrons. The molecule has 28 heavy (non-hydrogen) atoms. The van der Waals surface area contributed by atoms with Crippen molar-refractivity contribution >= 4 is 35.3 Å². The standard InChI is InChI=1S/C23H21BN3O/c1-16-15-26(3)21(14-19(16)17-8-5-4-6-9-17)27-13-11-20-22(24(27)2)18-10-7-12-25-23(18)28-20/h4-15H,1-3H3/q+1. The maximum absolute atomic E-state index is 5.96. The summed E-state index contributed by atoms with van der Waals surface area (Å²) in [6.45, 7) is 4.52. The molecular weight excluding hydrogens is 345 g/mol. The normalized spacial score (nSPS) is 13.2. The third kappa shape index (κ3) is 2.54. The highest BCUT2D eigenvalue weighted by Crippen LogP contribution is 2.28. The van der Waals surface area contributed by atoms with Gasteiger partial charge in [-0.05, 0) is 42.6 Å². The van der Waals surface area contributed by atoms with Crippen LogP contribution >= 0.6 is 0 Å². The van der Waals surface area contributed by atoms with Gasteiger partial charge in [0.15, 0.2) is 0 Å². The zero-order valence-electron chi connectivity index (χ0n) is 16.3. The van der Waals surface area contributed by atoms with Gasteiger partial charge in [-0.3, -0.25) is 4.81 Å². The largest absolute Gasteiger partial charge is 0.439 e. The lowest BCUT2D eigenvalue weighted by atomic mass is 9.54. The quantitative estimate of drug-likeness (QED) is 0.398. The van der Waals surface area contributed by atoms with Crippen LogP contribution in [0.25, 0.3) is 28.3 Å². The van der Waals surface area contributed by atoms with Gasteiger partial charge in [0.05, 0.1) is 19.4 Å². The van der Waals surface area contributed by atoms with Gasteiger partial charge in [-0.15, -0.1) is 0 Å². The van der Waals surface area contributed by atoms with Crippen molar-refractivity contribution < 1.29 is 8.98 Å². The Labute approximate surface area is 164 Å². The van der Waals surface area contributed by atoms with E-state index in [2.05, 4.69) is 90.0 Å². The summed E-state index contributed by atoms with van der Waals surface area (Å²) in [5, 5.41) is 1.08. The summed E-state index contributed by atoms with van der Waals surface area (Å²) in [4.78, 5) is 6.68. The fourth-order valence-electron chi connectivity index (χ4n) is 4.17. The monoisotopic (exact) mass is 366 g/mol. The molecule has 0 unspecified atom stereocenters. The van der Waals surface area contributed by atoms with Gasteiger partial charge in [-0.1, -0.05) is 30.3 Å². The first-order valence-corrected chi connectivity index (χ1v) is 9.53. The zero-order chi connectivity index (χ0) is 19.3. The number of fused-ring (bicyclic) bond motifs is 3. The second-order valence-corrected chi connectivity index (χ2v) is 7.34. The molecule has 1 aliphatic rings. The topological polar surface area (TPSA) is 33.2 Å². The number of aromatic nitrogens is 2. The van der Waals surface area contributed by atoms with Crippen molar-refractivity contribution in [2.24, 2.45) is 7.05 Å². The lowest BCUT2D eigenvalue weighted by Crippen LogP contribution is -2.50. The fraction of sp³-hybridized carbons (Fsp3) is 0.130. The lowest BCUT2D eigenvalue weighted by molar-refractivity contribution is -0.658. The molecule has 1 aliphatic heterocycles. The molecule has 0 fully saturated rings. The van der Waals surface area contributed by atoms with Crippen LogP contribution in [0, 0.1) is 6.92 Å². The van der Waals surface area contributed by atoms with Crippen LogP contribution in [0.4, 0.5) is 5.82 Å². The number of nitrogens with zero attached hydrogens (tertiary/aromatic N) is 3. The van der Waals surface area contributed by atoms with Crippen LogP contribution < -0.4 is 14.8 Å². The Balaban J connectivity index is 1.64. The van der Waals surface area contributed by atoms with Gasteiger partial charge < -0.3 is 4.42 Å². The average Bonchev–Trinajstić information content (AvgIpc) is 3.09. The SMILES string of the molecule is CB1c2c(oc3ncccc23)C=CN1c1cc(-c2ccccc2)c(C)c[n+]1C. The summed E-state index contributed by atoms with van der Waals surface area (Å²) < 4.78 is 8.14. The molecular formula is C23H21BN3O+. The van der Waals surface area contributed by atoms with Gasteiger partial charge in [-0.2, -0.15) is 0 Å². The van der Waals surface area contributed by atoms with E-state index in [0.717, 1.165) is 17.0 Å². The second kappa shape index (κ2) is 6.38. The summed E-state index contributed by atoms with van der Waals surface area (Å²) in [5.74, 6) is 2.03. The Hall–Kier alpha value is -3.34. The molecule has 0 bridgehead atoms. The summed E-state index contributed by atoms with van der Waals surface area (Å²) >= 11 is 0. The predicted molar refractivity (Wildman–Crippen MR) is 115 cm³/mol. The van der Waals surface area contributed by atoms with Gasteiger partial charge in [0.1, 0.15) is 5.76 Å². The number of aryl methyl sites for hydroxylation is 2. The highest BCUT2D eigenvalue weighted by Gasteiger charge is 2.37. The third-order valence-electron chi connectivity index (χ3n) is 5.55. The maximum Gasteiger partial charge on any atom is 0.413 e. The number of hydrogen-bond donors (Lipinski definition) is 0. The Bertz CT molecular complexity index is 1210. The van der Waals surface area contributed by atoms with Crippen molar-refractivity contribution in [1.82, 2.24) is 4.98 Å². The van der Waals surface area contributed by atoms with Crippen molar-refractivity contribution in [3.05, 3.63) is 78.4 Å². The Morgan fingerprint density at radius 1 is 1.11 bits per heavy atom. The second-order valence-electron chi connectivity index (χ2n) is 7.34. The lowest BCUT2D eigenvalue weighted by Gasteiger charge is -2.23. The van der Waals surface area contributed by atoms with Gasteiger partial charge in [0.2, 0.25) is 5.71 Å². The van der Waals surface area contributed by atoms with Gasteiger partial charge in [0.25, 0.3) is 5.82 Å². The number of pyridine rings is 2. The maximum atomic E-state index is 5.96. The van der Waals surface area contributed by atoms with E-state index in [1.807, 2.05) is 12.1 Å². The predicted octanol–water partition coefficient (Wildman–Crippen LogP) is 3.95. The van der Waals surface area contributed by atoms with Crippen LogP contribution in [0.3, 0.4) is 0 Å². The average molecular weight is 366 g/mol. The molecule has 0 spiro atoms. The number of anilines is 1. The summed E-state index contributed by atoms with van der Waals surface area (Å²) in [5.41, 5.74) is 5.62. The van der Waals surface area contributed by atoms with Crippen molar-refractivity contribution in [2.45, 2.75) is 13.7 Å². The minimum Gasteiger partial charge on any atom is -0.439 e. The molecule has 5 rings (SSSR count). The number of hydrogen-bond acceptors (Lipinski definition) is 3. The van der Waals surface area contributed by atoms with Crippen LogP contribution in [0.1, 0.15) is 11.3 Å².